The predicted octanol–water partition coefficient (Wildman–Crippen LogP) is -0.839. The van der Waals surface area contributed by atoms with E-state index < -0.39 is 6.04 Å². The average Bonchev–Trinajstić information content (AvgIpc) is 1.98. The number of quaternary nitrogens is 1. The Labute approximate surface area is 61.3 Å². The molecule has 0 saturated heterocycles. The van der Waals surface area contributed by atoms with Gasteiger partial charge in [-0.05, 0) is 12.8 Å². The molecule has 0 saturated carbocycles. The quantitative estimate of drug-likeness (QED) is 0.397. The van der Waals surface area contributed by atoms with Crippen LogP contribution in [0.4, 0.5) is 0 Å². The van der Waals surface area contributed by atoms with Crippen molar-refractivity contribution in [2.45, 2.75) is 18.9 Å². The Bertz CT molecular complexity index is 123. The summed E-state index contributed by atoms with van der Waals surface area (Å²) >= 11 is 0. The van der Waals surface area contributed by atoms with Crippen LogP contribution in [-0.4, -0.2) is 11.9 Å². The largest absolute Gasteiger partial charge is 0.414 e. The highest BCUT2D eigenvalue weighted by molar-refractivity contribution is 5.71. The van der Waals surface area contributed by atoms with E-state index in [9.17, 15) is 4.79 Å². The molecule has 0 bridgehead atoms. The molecule has 0 aliphatic carbocycles. The molecule has 0 aromatic carbocycles. The number of hydrogen-bond acceptors (Lipinski definition) is 2. The molecule has 0 fully saturated rings. The molecule has 58 valence electrons. The van der Waals surface area contributed by atoms with Crippen LogP contribution in [0.15, 0.2) is 12.7 Å². The van der Waals surface area contributed by atoms with E-state index in [0.717, 1.165) is 6.42 Å². The van der Waals surface area contributed by atoms with Gasteiger partial charge in [-0.15, -0.1) is 13.6 Å². The van der Waals surface area contributed by atoms with Crippen LogP contribution in [0.3, 0.4) is 0 Å². The molecular formula is C7H14N2O. The molecule has 0 heterocycles. The maximum absolute atomic E-state index is 10.7. The minimum atomic E-state index is -0.393. The van der Waals surface area contributed by atoms with Crippen molar-refractivity contribution in [3.05, 3.63) is 19.7 Å². The summed E-state index contributed by atoms with van der Waals surface area (Å²) in [6, 6.07) is -0.393. The first-order chi connectivity index (χ1) is 4.72. The lowest BCUT2D eigenvalue weighted by atomic mass is 10.1. The molecule has 0 radical (unpaired) electrons. The van der Waals surface area contributed by atoms with Gasteiger partial charge in [0.2, 0.25) is 0 Å². The second-order valence-corrected chi connectivity index (χ2v) is 2.08. The zero-order chi connectivity index (χ0) is 7.98. The van der Waals surface area contributed by atoms with Crippen molar-refractivity contribution < 1.29 is 10.1 Å². The van der Waals surface area contributed by atoms with Crippen LogP contribution in [0, 0.1) is 7.05 Å². The van der Waals surface area contributed by atoms with E-state index in [4.69, 9.17) is 5.73 Å². The number of hydrogen-bond donors (Lipinski definition) is 2. The Morgan fingerprint density at radius 2 is 2.50 bits per heavy atom. The van der Waals surface area contributed by atoms with E-state index in [1.165, 1.54) is 5.32 Å². The van der Waals surface area contributed by atoms with Gasteiger partial charge in [-0.1, -0.05) is 6.08 Å². The van der Waals surface area contributed by atoms with Crippen LogP contribution in [0.5, 0.6) is 0 Å². The summed E-state index contributed by atoms with van der Waals surface area (Å²) in [5.41, 5.74) is 5.45. The maximum atomic E-state index is 10.7. The van der Waals surface area contributed by atoms with Gasteiger partial charge in [0, 0.05) is 0 Å². The molecule has 4 N–H and O–H groups in total. The molecule has 0 aromatic heterocycles. The summed E-state index contributed by atoms with van der Waals surface area (Å²) in [5, 5.41) is 1.26. The third-order valence-corrected chi connectivity index (χ3v) is 1.25. The van der Waals surface area contributed by atoms with Crippen LogP contribution >= 0.6 is 0 Å². The number of primary amides is 1. The molecule has 0 rings (SSSR count). The number of allylic oxidation sites excluding steroid dienone is 1. The van der Waals surface area contributed by atoms with Crippen molar-refractivity contribution in [1.82, 2.24) is 0 Å². The molecule has 0 aliphatic rings. The van der Waals surface area contributed by atoms with Gasteiger partial charge in [0.15, 0.2) is 0 Å². The molecule has 0 aromatic rings. The number of nitrogens with two attached hydrogens (primary N) is 2. The third-order valence-electron chi connectivity index (χ3n) is 1.25. The van der Waals surface area contributed by atoms with Gasteiger partial charge in [-0.25, -0.2) is 4.79 Å². The smallest absolute Gasteiger partial charge is 0.301 e. The Kier molecular flexibility index (Phi) is 4.80. The standard InChI is InChI=1S/C7H14N2O/c1-3-4-5-6(8)7(10)9-2/h3,6H,1-2,4-5,8-9H2. The van der Waals surface area contributed by atoms with Crippen LogP contribution in [0.1, 0.15) is 12.8 Å². The first-order valence-corrected chi connectivity index (χ1v) is 3.25. The molecule has 3 heteroatoms. The van der Waals surface area contributed by atoms with Crippen LogP contribution in [0.2, 0.25) is 0 Å². The minimum Gasteiger partial charge on any atom is -0.414 e. The Morgan fingerprint density at radius 1 is 1.90 bits per heavy atom. The van der Waals surface area contributed by atoms with Gasteiger partial charge in [0.1, 0.15) is 6.04 Å². The summed E-state index contributed by atoms with van der Waals surface area (Å²) in [6.45, 7) is 3.53. The number of amides is 1. The normalized spacial score (nSPS) is 12.6. The van der Waals surface area contributed by atoms with Crippen molar-refractivity contribution >= 4 is 5.91 Å². The highest BCUT2D eigenvalue weighted by Gasteiger charge is 2.11. The van der Waals surface area contributed by atoms with Gasteiger partial charge in [-0.3, -0.25) is 0 Å². The molecule has 3 nitrogen and oxygen atoms in total. The summed E-state index contributed by atoms with van der Waals surface area (Å²) in [4.78, 5) is 10.7. The first-order valence-electron chi connectivity index (χ1n) is 3.25. The van der Waals surface area contributed by atoms with E-state index in [2.05, 4.69) is 13.6 Å². The Balaban J connectivity index is 3.50. The van der Waals surface area contributed by atoms with Crippen molar-refractivity contribution in [2.24, 2.45) is 5.73 Å². The zero-order valence-electron chi connectivity index (χ0n) is 6.05. The second kappa shape index (κ2) is 5.14. The maximum Gasteiger partial charge on any atom is 0.301 e. The average molecular weight is 142 g/mol. The fourth-order valence-electron chi connectivity index (χ4n) is 0.591. The summed E-state index contributed by atoms with van der Waals surface area (Å²) in [7, 11) is 3.33. The monoisotopic (exact) mass is 142 g/mol. The van der Waals surface area contributed by atoms with E-state index in [1.807, 2.05) is 0 Å². The lowest BCUT2D eigenvalue weighted by Crippen LogP contribution is -2.85. The molecular weight excluding hydrogens is 128 g/mol. The van der Waals surface area contributed by atoms with E-state index >= 15 is 0 Å². The van der Waals surface area contributed by atoms with Gasteiger partial charge in [-0.2, -0.15) is 0 Å². The van der Waals surface area contributed by atoms with Crippen LogP contribution < -0.4 is 11.1 Å². The predicted molar refractivity (Wildman–Crippen MR) is 39.7 cm³/mol. The van der Waals surface area contributed by atoms with Gasteiger partial charge < -0.3 is 11.1 Å². The minimum absolute atomic E-state index is 0.0955. The van der Waals surface area contributed by atoms with E-state index in [-0.39, 0.29) is 5.91 Å². The van der Waals surface area contributed by atoms with Gasteiger partial charge in [0.25, 0.3) is 0 Å². The van der Waals surface area contributed by atoms with Gasteiger partial charge >= 0.3 is 5.91 Å². The number of carbonyl (C=O) groups is 1. The zero-order valence-corrected chi connectivity index (χ0v) is 6.05. The lowest BCUT2D eigenvalue weighted by Gasteiger charge is -2.05. The van der Waals surface area contributed by atoms with Crippen molar-refractivity contribution in [3.8, 4) is 0 Å². The molecule has 1 amide bonds. The topological polar surface area (TPSA) is 59.7 Å². The van der Waals surface area contributed by atoms with Crippen LogP contribution in [0.25, 0.3) is 0 Å². The summed E-state index contributed by atoms with van der Waals surface area (Å²) in [6.07, 6.45) is 3.19. The number of carbonyl (C=O) groups excluding carboxylic acids is 1. The summed E-state index contributed by atoms with van der Waals surface area (Å²) < 4.78 is 0. The van der Waals surface area contributed by atoms with E-state index in [0.29, 0.717) is 6.42 Å². The highest BCUT2D eigenvalue weighted by Crippen LogP contribution is 1.92. The highest BCUT2D eigenvalue weighted by atomic mass is 16.2. The SMILES string of the molecule is C=CCCC(N)C(=O)[NH2+][CH2-]. The van der Waals surface area contributed by atoms with Gasteiger partial charge in [0.05, 0.1) is 0 Å². The lowest BCUT2D eigenvalue weighted by molar-refractivity contribution is -0.508. The first kappa shape index (κ1) is 9.33. The van der Waals surface area contributed by atoms with Crippen LogP contribution in [-0.2, 0) is 4.79 Å². The summed E-state index contributed by atoms with van der Waals surface area (Å²) in [5.74, 6) is -0.0955. The molecule has 1 unspecified atom stereocenters. The molecule has 10 heavy (non-hydrogen) atoms. The Morgan fingerprint density at radius 3 is 2.90 bits per heavy atom. The van der Waals surface area contributed by atoms with Crippen molar-refractivity contribution in [3.63, 3.8) is 0 Å². The second-order valence-electron chi connectivity index (χ2n) is 2.08. The third kappa shape index (κ3) is 3.37. The van der Waals surface area contributed by atoms with Crippen molar-refractivity contribution in [2.75, 3.05) is 0 Å². The molecule has 0 spiro atoms. The molecule has 1 atom stereocenters. The molecule has 0 aliphatic heterocycles. The fourth-order valence-corrected chi connectivity index (χ4v) is 0.591. The van der Waals surface area contributed by atoms with E-state index in [1.54, 1.807) is 6.08 Å². The fraction of sp³-hybridized carbons (Fsp3) is 0.429. The number of rotatable bonds is 4. The Hall–Kier alpha value is -0.670. The van der Waals surface area contributed by atoms with Crippen molar-refractivity contribution in [1.29, 1.82) is 0 Å².